The molecule has 0 unspecified atom stereocenters. The van der Waals surface area contributed by atoms with E-state index in [-0.39, 0.29) is 5.91 Å². The third-order valence-electron chi connectivity index (χ3n) is 4.47. The molecule has 0 atom stereocenters. The lowest BCUT2D eigenvalue weighted by Gasteiger charge is -2.26. The van der Waals surface area contributed by atoms with Crippen LogP contribution >= 0.6 is 11.8 Å². The van der Waals surface area contributed by atoms with Gasteiger partial charge < -0.3 is 9.64 Å². The maximum atomic E-state index is 12.2. The number of morpholine rings is 1. The van der Waals surface area contributed by atoms with Crippen molar-refractivity contribution >= 4 is 28.7 Å². The first kappa shape index (κ1) is 17.9. The molecule has 8 heteroatoms. The number of rotatable bonds is 6. The van der Waals surface area contributed by atoms with Gasteiger partial charge in [-0.15, -0.1) is 11.8 Å². The van der Waals surface area contributed by atoms with Gasteiger partial charge in [-0.25, -0.2) is 14.6 Å². The number of para-hydroxylation sites is 1. The van der Waals surface area contributed by atoms with Gasteiger partial charge in [0, 0.05) is 25.3 Å². The van der Waals surface area contributed by atoms with E-state index in [4.69, 9.17) is 4.74 Å². The van der Waals surface area contributed by atoms with Crippen molar-refractivity contribution in [2.75, 3.05) is 32.1 Å². The Bertz CT molecular complexity index is 909. The zero-order valence-corrected chi connectivity index (χ0v) is 15.8. The summed E-state index contributed by atoms with van der Waals surface area (Å²) in [6, 6.07) is 9.93. The van der Waals surface area contributed by atoms with Gasteiger partial charge in [0.2, 0.25) is 5.91 Å². The molecular weight excluding hydrogens is 362 g/mol. The lowest BCUT2D eigenvalue weighted by atomic mass is 10.3. The maximum absolute atomic E-state index is 12.2. The number of carbonyl (C=O) groups excluding carboxylic acids is 1. The van der Waals surface area contributed by atoms with Crippen LogP contribution in [0.25, 0.3) is 16.7 Å². The Kier molecular flexibility index (Phi) is 5.64. The van der Waals surface area contributed by atoms with E-state index < -0.39 is 0 Å². The van der Waals surface area contributed by atoms with Crippen LogP contribution in [0, 0.1) is 0 Å². The Morgan fingerprint density at radius 2 is 1.96 bits per heavy atom. The van der Waals surface area contributed by atoms with Crippen molar-refractivity contribution in [3.63, 3.8) is 0 Å². The molecule has 4 rings (SSSR count). The van der Waals surface area contributed by atoms with E-state index in [9.17, 15) is 4.79 Å². The highest BCUT2D eigenvalue weighted by molar-refractivity contribution is 7.99. The summed E-state index contributed by atoms with van der Waals surface area (Å²) >= 11 is 1.65. The van der Waals surface area contributed by atoms with Gasteiger partial charge >= 0.3 is 0 Å². The van der Waals surface area contributed by atoms with Crippen LogP contribution in [-0.4, -0.2) is 62.6 Å². The zero-order chi connectivity index (χ0) is 18.5. The number of hydrogen-bond acceptors (Lipinski definition) is 6. The summed E-state index contributed by atoms with van der Waals surface area (Å²) in [5.41, 5.74) is 1.77. The fourth-order valence-electron chi connectivity index (χ4n) is 3.06. The molecule has 0 saturated carbocycles. The fraction of sp³-hybridized carbons (Fsp3) is 0.368. The Balaban J connectivity index is 1.38. The van der Waals surface area contributed by atoms with Crippen LogP contribution in [0.3, 0.4) is 0 Å². The van der Waals surface area contributed by atoms with Crippen LogP contribution in [0.5, 0.6) is 0 Å². The van der Waals surface area contributed by atoms with Crippen LogP contribution in [0.1, 0.15) is 12.8 Å². The number of nitrogens with zero attached hydrogens (tertiary/aromatic N) is 5. The number of hydrogen-bond donors (Lipinski definition) is 0. The first-order chi connectivity index (χ1) is 13.3. The Morgan fingerprint density at radius 3 is 2.78 bits per heavy atom. The van der Waals surface area contributed by atoms with Gasteiger partial charge in [0.15, 0.2) is 5.65 Å². The highest BCUT2D eigenvalue weighted by Crippen LogP contribution is 2.26. The highest BCUT2D eigenvalue weighted by atomic mass is 32.2. The molecule has 140 valence electrons. The van der Waals surface area contributed by atoms with E-state index >= 15 is 0 Å². The SMILES string of the molecule is O=C(CCCSc1ncnc2c1cnn2-c1ccccc1)N1CCOCC1. The highest BCUT2D eigenvalue weighted by Gasteiger charge is 2.16. The summed E-state index contributed by atoms with van der Waals surface area (Å²) in [6.45, 7) is 2.70. The molecular formula is C19H21N5O2S. The summed E-state index contributed by atoms with van der Waals surface area (Å²) in [5.74, 6) is 1.04. The topological polar surface area (TPSA) is 73.1 Å². The van der Waals surface area contributed by atoms with E-state index in [0.717, 1.165) is 33.9 Å². The van der Waals surface area contributed by atoms with Gasteiger partial charge in [-0.2, -0.15) is 5.10 Å². The molecule has 1 amide bonds. The molecule has 27 heavy (non-hydrogen) atoms. The average Bonchev–Trinajstić information content (AvgIpc) is 3.17. The van der Waals surface area contributed by atoms with E-state index in [1.54, 1.807) is 18.1 Å². The van der Waals surface area contributed by atoms with Crippen molar-refractivity contribution < 1.29 is 9.53 Å². The molecule has 1 aromatic carbocycles. The van der Waals surface area contributed by atoms with E-state index in [1.165, 1.54) is 0 Å². The molecule has 1 fully saturated rings. The standard InChI is InChI=1S/C19H21N5O2S/c25-17(23-8-10-26-11-9-23)7-4-12-27-19-16-13-22-24(18(16)20-14-21-19)15-5-2-1-3-6-15/h1-3,5-6,13-14H,4,7-12H2. The minimum absolute atomic E-state index is 0.212. The lowest BCUT2D eigenvalue weighted by molar-refractivity contribution is -0.135. The molecule has 3 aromatic rings. The molecule has 0 bridgehead atoms. The van der Waals surface area contributed by atoms with Crippen molar-refractivity contribution in [3.8, 4) is 5.69 Å². The van der Waals surface area contributed by atoms with Crippen LogP contribution in [0.15, 0.2) is 47.9 Å². The smallest absolute Gasteiger partial charge is 0.222 e. The first-order valence-electron chi connectivity index (χ1n) is 9.05. The quantitative estimate of drug-likeness (QED) is 0.370. The normalized spacial score (nSPS) is 14.6. The summed E-state index contributed by atoms with van der Waals surface area (Å²) in [5, 5.41) is 6.31. The second-order valence-corrected chi connectivity index (χ2v) is 7.34. The molecule has 1 saturated heterocycles. The summed E-state index contributed by atoms with van der Waals surface area (Å²) in [6.07, 6.45) is 4.76. The van der Waals surface area contributed by atoms with Crippen LogP contribution in [0.4, 0.5) is 0 Å². The Labute approximate surface area is 161 Å². The molecule has 1 aliphatic heterocycles. The van der Waals surface area contributed by atoms with E-state index in [2.05, 4.69) is 15.1 Å². The molecule has 0 N–H and O–H groups in total. The first-order valence-corrected chi connectivity index (χ1v) is 10.0. The summed E-state index contributed by atoms with van der Waals surface area (Å²) < 4.78 is 7.11. The van der Waals surface area contributed by atoms with Crippen molar-refractivity contribution in [1.82, 2.24) is 24.6 Å². The molecule has 2 aromatic heterocycles. The van der Waals surface area contributed by atoms with Gasteiger partial charge in [-0.3, -0.25) is 4.79 Å². The second kappa shape index (κ2) is 8.49. The number of carbonyl (C=O) groups is 1. The molecule has 7 nitrogen and oxygen atoms in total. The molecule has 3 heterocycles. The molecule has 1 aliphatic rings. The number of amides is 1. The monoisotopic (exact) mass is 383 g/mol. The summed E-state index contributed by atoms with van der Waals surface area (Å²) in [4.78, 5) is 22.9. The zero-order valence-electron chi connectivity index (χ0n) is 15.0. The van der Waals surface area contributed by atoms with Gasteiger partial charge in [-0.05, 0) is 18.6 Å². The second-order valence-electron chi connectivity index (χ2n) is 6.25. The minimum Gasteiger partial charge on any atom is -0.378 e. The maximum Gasteiger partial charge on any atom is 0.222 e. The van der Waals surface area contributed by atoms with Crippen molar-refractivity contribution in [3.05, 3.63) is 42.9 Å². The third-order valence-corrected chi connectivity index (χ3v) is 5.56. The molecule has 0 radical (unpaired) electrons. The number of ether oxygens (including phenoxy) is 1. The van der Waals surface area contributed by atoms with E-state index in [0.29, 0.717) is 32.7 Å². The van der Waals surface area contributed by atoms with E-state index in [1.807, 2.05) is 46.1 Å². The van der Waals surface area contributed by atoms with Crippen LogP contribution in [-0.2, 0) is 9.53 Å². The molecule has 0 spiro atoms. The van der Waals surface area contributed by atoms with Crippen molar-refractivity contribution in [2.45, 2.75) is 17.9 Å². The Hall–Kier alpha value is -2.45. The van der Waals surface area contributed by atoms with Crippen molar-refractivity contribution in [2.24, 2.45) is 0 Å². The molecule has 0 aliphatic carbocycles. The number of thioether (sulfide) groups is 1. The minimum atomic E-state index is 0.212. The summed E-state index contributed by atoms with van der Waals surface area (Å²) in [7, 11) is 0. The third kappa shape index (κ3) is 4.12. The number of aromatic nitrogens is 4. The number of fused-ring (bicyclic) bond motifs is 1. The van der Waals surface area contributed by atoms with Gasteiger partial charge in [0.1, 0.15) is 11.4 Å². The Morgan fingerprint density at radius 1 is 1.15 bits per heavy atom. The van der Waals surface area contributed by atoms with Gasteiger partial charge in [-0.1, -0.05) is 18.2 Å². The lowest BCUT2D eigenvalue weighted by Crippen LogP contribution is -2.40. The van der Waals surface area contributed by atoms with Crippen LogP contribution < -0.4 is 0 Å². The predicted octanol–water partition coefficient (Wildman–Crippen LogP) is 2.55. The fourth-order valence-corrected chi connectivity index (χ4v) is 3.96. The van der Waals surface area contributed by atoms with Crippen LogP contribution in [0.2, 0.25) is 0 Å². The largest absolute Gasteiger partial charge is 0.378 e. The van der Waals surface area contributed by atoms with Gasteiger partial charge in [0.05, 0.1) is 30.5 Å². The average molecular weight is 383 g/mol. The van der Waals surface area contributed by atoms with Crippen molar-refractivity contribution in [1.29, 1.82) is 0 Å². The number of benzene rings is 1. The van der Waals surface area contributed by atoms with Gasteiger partial charge in [0.25, 0.3) is 0 Å². The predicted molar refractivity (Wildman–Crippen MR) is 104 cm³/mol.